The van der Waals surface area contributed by atoms with E-state index < -0.39 is 10.0 Å². The van der Waals surface area contributed by atoms with Crippen molar-refractivity contribution in [3.05, 3.63) is 23.5 Å². The van der Waals surface area contributed by atoms with Crippen molar-refractivity contribution in [2.75, 3.05) is 19.6 Å². The Balaban J connectivity index is 2.06. The van der Waals surface area contributed by atoms with Gasteiger partial charge in [-0.05, 0) is 38.4 Å². The topological polar surface area (TPSA) is 78.1 Å². The fraction of sp³-hybridized carbons (Fsp3) is 0.533. The lowest BCUT2D eigenvalue weighted by Gasteiger charge is -2.33. The monoisotopic (exact) mass is 356 g/mol. The van der Waals surface area contributed by atoms with Gasteiger partial charge in [0.25, 0.3) is 0 Å². The van der Waals surface area contributed by atoms with Crippen LogP contribution in [0.25, 0.3) is 11.0 Å². The largest absolute Gasteiger partial charge is 0.345 e. The molecule has 0 amide bonds. The van der Waals surface area contributed by atoms with Crippen molar-refractivity contribution in [2.45, 2.75) is 37.1 Å². The number of fused-ring (bicyclic) bond motifs is 1. The van der Waals surface area contributed by atoms with E-state index in [9.17, 15) is 8.42 Å². The van der Waals surface area contributed by atoms with Gasteiger partial charge in [-0.2, -0.15) is 4.31 Å². The Morgan fingerprint density at radius 1 is 1.39 bits per heavy atom. The summed E-state index contributed by atoms with van der Waals surface area (Å²) in [6.45, 7) is 4.19. The van der Waals surface area contributed by atoms with E-state index in [0.29, 0.717) is 22.6 Å². The van der Waals surface area contributed by atoms with Gasteiger partial charge in [0.15, 0.2) is 0 Å². The first-order chi connectivity index (χ1) is 11.1. The van der Waals surface area contributed by atoms with Crippen LogP contribution in [0.15, 0.2) is 23.4 Å². The van der Waals surface area contributed by atoms with Crippen LogP contribution in [-0.4, -0.2) is 48.4 Å². The van der Waals surface area contributed by atoms with Gasteiger partial charge in [0.1, 0.15) is 10.5 Å². The van der Waals surface area contributed by atoms with Crippen LogP contribution in [0.3, 0.4) is 0 Å². The average Bonchev–Trinajstić information content (AvgIpc) is 2.99. The van der Waals surface area contributed by atoms with Crippen LogP contribution in [0.5, 0.6) is 0 Å². The fourth-order valence-corrected chi connectivity index (χ4v) is 5.39. The second-order valence-corrected chi connectivity index (χ2v) is 8.03. The van der Waals surface area contributed by atoms with Gasteiger partial charge in [-0.3, -0.25) is 0 Å². The smallest absolute Gasteiger partial charge is 0.245 e. The highest BCUT2D eigenvalue weighted by Crippen LogP contribution is 2.32. The summed E-state index contributed by atoms with van der Waals surface area (Å²) in [6, 6.07) is 1.65. The maximum Gasteiger partial charge on any atom is 0.245 e. The minimum absolute atomic E-state index is 0.0293. The number of hydrogen-bond donors (Lipinski definition) is 2. The number of nitrogens with zero attached hydrogens (tertiary/aromatic N) is 2. The van der Waals surface area contributed by atoms with Gasteiger partial charge in [-0.1, -0.05) is 18.5 Å². The first kappa shape index (κ1) is 16.7. The standard InChI is InChI=1S/C15H21ClN4O2S/c1-2-9-20(11-3-6-17-7-4-11)23(21,22)13-10-19-15-14(13)12(16)5-8-18-15/h5,8,10-11,17H,2-4,6-7,9H2,1H3,(H,18,19). The van der Waals surface area contributed by atoms with Crippen LogP contribution in [0.2, 0.25) is 5.02 Å². The molecular weight excluding hydrogens is 336 g/mol. The fourth-order valence-electron chi connectivity index (χ4n) is 3.13. The van der Waals surface area contributed by atoms with E-state index >= 15 is 0 Å². The molecule has 1 saturated heterocycles. The Morgan fingerprint density at radius 2 is 2.13 bits per heavy atom. The van der Waals surface area contributed by atoms with Gasteiger partial charge >= 0.3 is 0 Å². The zero-order chi connectivity index (χ0) is 16.4. The summed E-state index contributed by atoms with van der Waals surface area (Å²) in [5.74, 6) is 0. The Kier molecular flexibility index (Phi) is 4.91. The van der Waals surface area contributed by atoms with Crippen LogP contribution in [0, 0.1) is 0 Å². The SMILES string of the molecule is CCCN(C1CCNCC1)S(=O)(=O)c1c[nH]c2nccc(Cl)c12. The molecule has 6 nitrogen and oxygen atoms in total. The summed E-state index contributed by atoms with van der Waals surface area (Å²) < 4.78 is 28.1. The van der Waals surface area contributed by atoms with Crippen molar-refractivity contribution in [1.82, 2.24) is 19.6 Å². The lowest BCUT2D eigenvalue weighted by Crippen LogP contribution is -2.46. The molecule has 2 aromatic rings. The highest BCUT2D eigenvalue weighted by molar-refractivity contribution is 7.89. The van der Waals surface area contributed by atoms with Crippen LogP contribution in [-0.2, 0) is 10.0 Å². The van der Waals surface area contributed by atoms with Crippen molar-refractivity contribution in [2.24, 2.45) is 0 Å². The van der Waals surface area contributed by atoms with Gasteiger partial charge in [0.2, 0.25) is 10.0 Å². The van der Waals surface area contributed by atoms with Crippen LogP contribution < -0.4 is 5.32 Å². The molecule has 2 N–H and O–H groups in total. The number of aromatic amines is 1. The molecule has 3 rings (SSSR count). The van der Waals surface area contributed by atoms with Crippen molar-refractivity contribution < 1.29 is 8.42 Å². The van der Waals surface area contributed by atoms with E-state index in [1.54, 1.807) is 16.6 Å². The number of sulfonamides is 1. The van der Waals surface area contributed by atoms with Gasteiger partial charge < -0.3 is 10.3 Å². The summed E-state index contributed by atoms with van der Waals surface area (Å²) in [6.07, 6.45) is 5.50. The van der Waals surface area contributed by atoms with E-state index in [2.05, 4.69) is 15.3 Å². The zero-order valence-corrected chi connectivity index (χ0v) is 14.6. The molecule has 0 unspecified atom stereocenters. The Labute approximate surface area is 141 Å². The summed E-state index contributed by atoms with van der Waals surface area (Å²) in [5.41, 5.74) is 0.498. The third-order valence-corrected chi connectivity index (χ3v) is 6.52. The maximum atomic E-state index is 13.2. The molecule has 23 heavy (non-hydrogen) atoms. The summed E-state index contributed by atoms with van der Waals surface area (Å²) in [7, 11) is -3.62. The predicted molar refractivity (Wildman–Crippen MR) is 91.2 cm³/mol. The number of piperidine rings is 1. The summed E-state index contributed by atoms with van der Waals surface area (Å²) >= 11 is 6.22. The molecule has 1 aliphatic heterocycles. The molecule has 1 fully saturated rings. The molecule has 0 radical (unpaired) electrons. The van der Waals surface area contributed by atoms with Crippen LogP contribution >= 0.6 is 11.6 Å². The lowest BCUT2D eigenvalue weighted by molar-refractivity contribution is 0.262. The number of hydrogen-bond acceptors (Lipinski definition) is 4. The molecular formula is C15H21ClN4O2S. The number of nitrogens with one attached hydrogen (secondary N) is 2. The molecule has 0 saturated carbocycles. The van der Waals surface area contributed by atoms with E-state index in [1.807, 2.05) is 6.92 Å². The molecule has 0 bridgehead atoms. The van der Waals surface area contributed by atoms with Crippen molar-refractivity contribution in [1.29, 1.82) is 0 Å². The molecule has 3 heterocycles. The molecule has 8 heteroatoms. The lowest BCUT2D eigenvalue weighted by atomic mass is 10.1. The van der Waals surface area contributed by atoms with Gasteiger partial charge in [-0.25, -0.2) is 13.4 Å². The first-order valence-corrected chi connectivity index (χ1v) is 9.71. The minimum Gasteiger partial charge on any atom is -0.345 e. The maximum absolute atomic E-state index is 13.2. The number of rotatable bonds is 5. The van der Waals surface area contributed by atoms with E-state index in [-0.39, 0.29) is 10.9 Å². The predicted octanol–water partition coefficient (Wildman–Crippen LogP) is 2.37. The molecule has 126 valence electrons. The molecule has 0 atom stereocenters. The summed E-state index contributed by atoms with van der Waals surface area (Å²) in [5, 5.41) is 4.15. The van der Waals surface area contributed by atoms with E-state index in [1.165, 1.54) is 6.20 Å². The highest BCUT2D eigenvalue weighted by Gasteiger charge is 2.33. The molecule has 1 aliphatic rings. The zero-order valence-electron chi connectivity index (χ0n) is 13.0. The second-order valence-electron chi connectivity index (χ2n) is 5.77. The van der Waals surface area contributed by atoms with Gasteiger partial charge in [0, 0.05) is 25.0 Å². The Bertz CT molecular complexity index is 784. The first-order valence-electron chi connectivity index (χ1n) is 7.90. The number of aromatic nitrogens is 2. The Morgan fingerprint density at radius 3 is 2.83 bits per heavy atom. The molecule has 0 aliphatic carbocycles. The Hall–Kier alpha value is -1.15. The number of H-pyrrole nitrogens is 1. The third-order valence-electron chi connectivity index (χ3n) is 4.23. The minimum atomic E-state index is -3.62. The normalized spacial score (nSPS) is 17.2. The average molecular weight is 357 g/mol. The molecule has 0 aromatic carbocycles. The number of halogens is 1. The van der Waals surface area contributed by atoms with Gasteiger partial charge in [0.05, 0.1) is 10.4 Å². The quantitative estimate of drug-likeness (QED) is 0.862. The van der Waals surface area contributed by atoms with Crippen LogP contribution in [0.4, 0.5) is 0 Å². The van der Waals surface area contributed by atoms with E-state index in [4.69, 9.17) is 11.6 Å². The summed E-state index contributed by atoms with van der Waals surface area (Å²) in [4.78, 5) is 7.30. The number of pyridine rings is 1. The second kappa shape index (κ2) is 6.76. The van der Waals surface area contributed by atoms with E-state index in [0.717, 1.165) is 32.4 Å². The molecule has 0 spiro atoms. The van der Waals surface area contributed by atoms with Crippen molar-refractivity contribution >= 4 is 32.7 Å². The van der Waals surface area contributed by atoms with Crippen molar-refractivity contribution in [3.8, 4) is 0 Å². The highest BCUT2D eigenvalue weighted by atomic mass is 35.5. The third kappa shape index (κ3) is 3.10. The van der Waals surface area contributed by atoms with Crippen molar-refractivity contribution in [3.63, 3.8) is 0 Å². The molecule has 2 aromatic heterocycles. The van der Waals surface area contributed by atoms with Crippen LogP contribution in [0.1, 0.15) is 26.2 Å². The van der Waals surface area contributed by atoms with Gasteiger partial charge in [-0.15, -0.1) is 0 Å².